The monoisotopic (exact) mass is 170 g/mol. The predicted octanol–water partition coefficient (Wildman–Crippen LogP) is 1.10. The lowest BCUT2D eigenvalue weighted by molar-refractivity contribution is -0.131. The van der Waals surface area contributed by atoms with Gasteiger partial charge in [-0.25, -0.2) is 9.78 Å². The van der Waals surface area contributed by atoms with E-state index in [1.54, 1.807) is 12.4 Å². The number of aliphatic carboxylic acids is 1. The molecule has 0 aliphatic heterocycles. The summed E-state index contributed by atoms with van der Waals surface area (Å²) in [6, 6.07) is 0. The van der Waals surface area contributed by atoms with Crippen molar-refractivity contribution in [1.82, 2.24) is 9.97 Å². The summed E-state index contributed by atoms with van der Waals surface area (Å²) in [4.78, 5) is 16.7. The van der Waals surface area contributed by atoms with Gasteiger partial charge in [0, 0.05) is 18.5 Å². The lowest BCUT2D eigenvalue weighted by Crippen LogP contribution is -1.84. The van der Waals surface area contributed by atoms with Crippen molar-refractivity contribution in [3.63, 3.8) is 0 Å². The number of carboxylic acid groups (broad SMARTS) is 1. The Morgan fingerprint density at radius 2 is 2.64 bits per heavy atom. The van der Waals surface area contributed by atoms with E-state index in [0.717, 1.165) is 6.08 Å². The molecule has 11 heavy (non-hydrogen) atoms. The van der Waals surface area contributed by atoms with E-state index in [2.05, 4.69) is 9.97 Å². The summed E-state index contributed by atoms with van der Waals surface area (Å²) in [6.07, 6.45) is 4.35. The number of aromatic nitrogens is 2. The molecule has 4 nitrogen and oxygen atoms in total. The molecule has 0 aliphatic carbocycles. The van der Waals surface area contributed by atoms with Gasteiger partial charge >= 0.3 is 5.97 Å². The summed E-state index contributed by atoms with van der Waals surface area (Å²) >= 11 is 1.23. The fraction of sp³-hybridized carbons (Fsp3) is 0. The predicted molar refractivity (Wildman–Crippen MR) is 41.2 cm³/mol. The van der Waals surface area contributed by atoms with Gasteiger partial charge in [-0.05, 0) is 5.41 Å². The summed E-state index contributed by atoms with van der Waals surface area (Å²) in [5.41, 5.74) is 0. The van der Waals surface area contributed by atoms with E-state index in [9.17, 15) is 4.79 Å². The minimum Gasteiger partial charge on any atom is -0.478 e. The third kappa shape index (κ3) is 2.90. The standard InChI is InChI=1S/C6H6N2O2S/c9-5(10)1-4-11-6-7-2-3-8-6/h1-4H,(H,7,8)(H,9,10)/b4-1+. The molecule has 0 aromatic carbocycles. The Labute approximate surface area is 67.3 Å². The maximum atomic E-state index is 10.00. The number of hydrogen-bond acceptors (Lipinski definition) is 3. The molecule has 0 atom stereocenters. The Morgan fingerprint density at radius 3 is 3.18 bits per heavy atom. The van der Waals surface area contributed by atoms with Gasteiger partial charge in [-0.2, -0.15) is 0 Å². The van der Waals surface area contributed by atoms with Crippen LogP contribution >= 0.6 is 11.8 Å². The van der Waals surface area contributed by atoms with Crippen LogP contribution in [0.4, 0.5) is 0 Å². The van der Waals surface area contributed by atoms with Crippen molar-refractivity contribution in [2.45, 2.75) is 5.16 Å². The van der Waals surface area contributed by atoms with Gasteiger partial charge in [0.2, 0.25) is 0 Å². The van der Waals surface area contributed by atoms with Crippen LogP contribution in [-0.2, 0) is 4.79 Å². The van der Waals surface area contributed by atoms with Crippen molar-refractivity contribution in [3.05, 3.63) is 23.9 Å². The third-order valence-electron chi connectivity index (χ3n) is 0.863. The lowest BCUT2D eigenvalue weighted by Gasteiger charge is -1.84. The zero-order valence-corrected chi connectivity index (χ0v) is 6.34. The summed E-state index contributed by atoms with van der Waals surface area (Å²) in [5, 5.41) is 10.4. The van der Waals surface area contributed by atoms with E-state index >= 15 is 0 Å². The second kappa shape index (κ2) is 3.82. The molecule has 0 radical (unpaired) electrons. The number of carboxylic acids is 1. The molecular weight excluding hydrogens is 164 g/mol. The highest BCUT2D eigenvalue weighted by atomic mass is 32.2. The molecule has 0 unspecified atom stereocenters. The zero-order chi connectivity index (χ0) is 8.10. The molecule has 0 bridgehead atoms. The highest BCUT2D eigenvalue weighted by Gasteiger charge is 1.90. The van der Waals surface area contributed by atoms with Gasteiger partial charge in [0.15, 0.2) is 5.16 Å². The molecule has 0 spiro atoms. The topological polar surface area (TPSA) is 66.0 Å². The van der Waals surface area contributed by atoms with Crippen LogP contribution < -0.4 is 0 Å². The van der Waals surface area contributed by atoms with Gasteiger partial charge in [-0.3, -0.25) is 0 Å². The van der Waals surface area contributed by atoms with Crippen molar-refractivity contribution in [2.75, 3.05) is 0 Å². The molecule has 58 valence electrons. The van der Waals surface area contributed by atoms with E-state index in [4.69, 9.17) is 5.11 Å². The number of rotatable bonds is 3. The first-order valence-corrected chi connectivity index (χ1v) is 3.72. The molecular formula is C6H6N2O2S. The van der Waals surface area contributed by atoms with Crippen LogP contribution in [0.25, 0.3) is 0 Å². The molecule has 1 heterocycles. The second-order valence-corrected chi connectivity index (χ2v) is 2.55. The summed E-state index contributed by atoms with van der Waals surface area (Å²) in [7, 11) is 0. The first kappa shape index (κ1) is 7.87. The number of H-pyrrole nitrogens is 1. The van der Waals surface area contributed by atoms with Gasteiger partial charge in [-0.15, -0.1) is 0 Å². The van der Waals surface area contributed by atoms with E-state index in [-0.39, 0.29) is 0 Å². The van der Waals surface area contributed by atoms with Crippen LogP contribution in [0.3, 0.4) is 0 Å². The van der Waals surface area contributed by atoms with Crippen molar-refractivity contribution >= 4 is 17.7 Å². The fourth-order valence-corrected chi connectivity index (χ4v) is 1.04. The first-order chi connectivity index (χ1) is 5.29. The number of imidazole rings is 1. The average molecular weight is 170 g/mol. The molecule has 0 saturated carbocycles. The number of aromatic amines is 1. The number of thioether (sulfide) groups is 1. The Balaban J connectivity index is 2.40. The maximum Gasteiger partial charge on any atom is 0.328 e. The normalized spacial score (nSPS) is 10.5. The van der Waals surface area contributed by atoms with Crippen LogP contribution in [0.15, 0.2) is 29.0 Å². The number of hydrogen-bond donors (Lipinski definition) is 2. The first-order valence-electron chi connectivity index (χ1n) is 2.84. The minimum absolute atomic E-state index is 0.683. The van der Waals surface area contributed by atoms with E-state index in [0.29, 0.717) is 5.16 Å². The molecule has 0 aliphatic rings. The third-order valence-corrected chi connectivity index (χ3v) is 1.58. The van der Waals surface area contributed by atoms with Gasteiger partial charge in [0.05, 0.1) is 0 Å². The highest BCUT2D eigenvalue weighted by Crippen LogP contribution is 2.11. The molecule has 0 amide bonds. The Bertz CT molecular complexity index is 256. The molecule has 1 aromatic rings. The van der Waals surface area contributed by atoms with E-state index in [1.807, 2.05) is 0 Å². The molecule has 0 saturated heterocycles. The quantitative estimate of drug-likeness (QED) is 0.526. The number of nitrogens with one attached hydrogen (secondary N) is 1. The van der Waals surface area contributed by atoms with Gasteiger partial charge in [0.25, 0.3) is 0 Å². The smallest absolute Gasteiger partial charge is 0.328 e. The highest BCUT2D eigenvalue weighted by molar-refractivity contribution is 8.02. The zero-order valence-electron chi connectivity index (χ0n) is 5.52. The van der Waals surface area contributed by atoms with Crippen LogP contribution in [0, 0.1) is 0 Å². The van der Waals surface area contributed by atoms with E-state index < -0.39 is 5.97 Å². The Morgan fingerprint density at radius 1 is 1.82 bits per heavy atom. The largest absolute Gasteiger partial charge is 0.478 e. The number of carbonyl (C=O) groups is 1. The molecule has 0 fully saturated rings. The van der Waals surface area contributed by atoms with Gasteiger partial charge in [-0.1, -0.05) is 11.8 Å². The van der Waals surface area contributed by atoms with Crippen LogP contribution in [0.5, 0.6) is 0 Å². The summed E-state index contributed by atoms with van der Waals surface area (Å²) < 4.78 is 0. The average Bonchev–Trinajstić information content (AvgIpc) is 2.39. The SMILES string of the molecule is O=C(O)/C=C/Sc1ncc[nH]1. The minimum atomic E-state index is -0.955. The molecule has 1 aromatic heterocycles. The fourth-order valence-electron chi connectivity index (χ4n) is 0.472. The van der Waals surface area contributed by atoms with Crippen molar-refractivity contribution in [3.8, 4) is 0 Å². The maximum absolute atomic E-state index is 10.00. The lowest BCUT2D eigenvalue weighted by atomic mass is 10.7. The molecule has 1 rings (SSSR count). The molecule has 2 N–H and O–H groups in total. The van der Waals surface area contributed by atoms with Crippen molar-refractivity contribution in [1.29, 1.82) is 0 Å². The number of nitrogens with zero attached hydrogens (tertiary/aromatic N) is 1. The summed E-state index contributed by atoms with van der Waals surface area (Å²) in [5.74, 6) is -0.955. The van der Waals surface area contributed by atoms with Crippen molar-refractivity contribution in [2.24, 2.45) is 0 Å². The van der Waals surface area contributed by atoms with Crippen LogP contribution in [-0.4, -0.2) is 21.0 Å². The van der Waals surface area contributed by atoms with Crippen LogP contribution in [0.2, 0.25) is 0 Å². The van der Waals surface area contributed by atoms with Gasteiger partial charge < -0.3 is 10.1 Å². The Kier molecular flexibility index (Phi) is 2.74. The Hall–Kier alpha value is -1.23. The van der Waals surface area contributed by atoms with Crippen molar-refractivity contribution < 1.29 is 9.90 Å². The van der Waals surface area contributed by atoms with E-state index in [1.165, 1.54) is 17.2 Å². The summed E-state index contributed by atoms with van der Waals surface area (Å²) in [6.45, 7) is 0. The van der Waals surface area contributed by atoms with Gasteiger partial charge in [0.1, 0.15) is 0 Å². The molecule has 5 heteroatoms. The van der Waals surface area contributed by atoms with Crippen LogP contribution in [0.1, 0.15) is 0 Å². The second-order valence-electron chi connectivity index (χ2n) is 1.65.